The Morgan fingerprint density at radius 2 is 2.00 bits per heavy atom. The van der Waals surface area contributed by atoms with E-state index in [1.807, 2.05) is 31.2 Å². The van der Waals surface area contributed by atoms with Crippen molar-refractivity contribution in [2.24, 2.45) is 0 Å². The van der Waals surface area contributed by atoms with Crippen LogP contribution in [0.3, 0.4) is 0 Å². The van der Waals surface area contributed by atoms with Crippen molar-refractivity contribution in [3.05, 3.63) is 47.8 Å². The van der Waals surface area contributed by atoms with Gasteiger partial charge in [0.25, 0.3) is 5.91 Å². The summed E-state index contributed by atoms with van der Waals surface area (Å²) < 4.78 is 5.12. The number of carbonyl (C=O) groups is 1. The van der Waals surface area contributed by atoms with Gasteiger partial charge < -0.3 is 15.4 Å². The molecule has 0 saturated heterocycles. The summed E-state index contributed by atoms with van der Waals surface area (Å²) in [5.74, 6) is 1.06. The standard InChI is InChI=1S/C16H20N4O2/c1-3-9-17-15(21)14-8-10-18-16(20-14)19-11-12-4-6-13(22-2)7-5-12/h4-8,10H,3,9,11H2,1-2H3,(H,17,21)(H,18,19,20). The molecule has 0 fully saturated rings. The van der Waals surface area contributed by atoms with Crippen molar-refractivity contribution in [3.63, 3.8) is 0 Å². The molecule has 2 N–H and O–H groups in total. The Morgan fingerprint density at radius 3 is 2.68 bits per heavy atom. The fraction of sp³-hybridized carbons (Fsp3) is 0.312. The summed E-state index contributed by atoms with van der Waals surface area (Å²) >= 11 is 0. The molecule has 0 aliphatic heterocycles. The van der Waals surface area contributed by atoms with Gasteiger partial charge in [0.15, 0.2) is 0 Å². The van der Waals surface area contributed by atoms with Crippen molar-refractivity contribution < 1.29 is 9.53 Å². The van der Waals surface area contributed by atoms with Crippen molar-refractivity contribution in [2.45, 2.75) is 19.9 Å². The summed E-state index contributed by atoms with van der Waals surface area (Å²) in [5.41, 5.74) is 1.44. The Balaban J connectivity index is 1.96. The maximum absolute atomic E-state index is 11.9. The lowest BCUT2D eigenvalue weighted by Gasteiger charge is -2.07. The summed E-state index contributed by atoms with van der Waals surface area (Å²) in [6.45, 7) is 3.21. The second-order valence-electron chi connectivity index (χ2n) is 4.72. The van der Waals surface area contributed by atoms with Crippen LogP contribution in [0.4, 0.5) is 5.95 Å². The van der Waals surface area contributed by atoms with Crippen molar-refractivity contribution in [1.82, 2.24) is 15.3 Å². The van der Waals surface area contributed by atoms with E-state index in [-0.39, 0.29) is 5.91 Å². The van der Waals surface area contributed by atoms with Gasteiger partial charge >= 0.3 is 0 Å². The number of rotatable bonds is 7. The van der Waals surface area contributed by atoms with E-state index in [9.17, 15) is 4.79 Å². The van der Waals surface area contributed by atoms with E-state index >= 15 is 0 Å². The molecule has 0 unspecified atom stereocenters. The van der Waals surface area contributed by atoms with Crippen molar-refractivity contribution in [1.29, 1.82) is 0 Å². The van der Waals surface area contributed by atoms with Crippen LogP contribution in [-0.2, 0) is 6.54 Å². The Kier molecular flexibility index (Phi) is 5.71. The molecule has 0 spiro atoms. The third-order valence-electron chi connectivity index (χ3n) is 3.03. The van der Waals surface area contributed by atoms with Crippen molar-refractivity contribution >= 4 is 11.9 Å². The third-order valence-corrected chi connectivity index (χ3v) is 3.03. The zero-order valence-corrected chi connectivity index (χ0v) is 12.8. The molecule has 2 aromatic rings. The van der Waals surface area contributed by atoms with Gasteiger partial charge in [-0.15, -0.1) is 0 Å². The predicted octanol–water partition coefficient (Wildman–Crippen LogP) is 2.24. The third kappa shape index (κ3) is 4.44. The SMILES string of the molecule is CCCNC(=O)c1ccnc(NCc2ccc(OC)cc2)n1. The van der Waals surface area contributed by atoms with Gasteiger partial charge in [-0.1, -0.05) is 19.1 Å². The average molecular weight is 300 g/mol. The second kappa shape index (κ2) is 7.97. The zero-order valence-electron chi connectivity index (χ0n) is 12.8. The summed E-state index contributed by atoms with van der Waals surface area (Å²) in [6.07, 6.45) is 2.46. The van der Waals surface area contributed by atoms with Gasteiger partial charge in [0.05, 0.1) is 7.11 Å². The molecule has 116 valence electrons. The number of amides is 1. The maximum atomic E-state index is 11.9. The fourth-order valence-corrected chi connectivity index (χ4v) is 1.82. The smallest absolute Gasteiger partial charge is 0.270 e. The van der Waals surface area contributed by atoms with Crippen LogP contribution in [0.5, 0.6) is 5.75 Å². The minimum atomic E-state index is -0.184. The van der Waals surface area contributed by atoms with Gasteiger partial charge in [-0.25, -0.2) is 9.97 Å². The molecule has 0 bridgehead atoms. The first-order valence-electron chi connectivity index (χ1n) is 7.21. The maximum Gasteiger partial charge on any atom is 0.270 e. The molecule has 0 aliphatic carbocycles. The molecule has 6 nitrogen and oxygen atoms in total. The van der Waals surface area contributed by atoms with E-state index in [0.29, 0.717) is 24.7 Å². The number of carbonyl (C=O) groups excluding carboxylic acids is 1. The average Bonchev–Trinajstić information content (AvgIpc) is 2.58. The largest absolute Gasteiger partial charge is 0.497 e. The molecular weight excluding hydrogens is 280 g/mol. The number of ether oxygens (including phenoxy) is 1. The van der Waals surface area contributed by atoms with Crippen LogP contribution in [0.15, 0.2) is 36.5 Å². The van der Waals surface area contributed by atoms with E-state index in [2.05, 4.69) is 20.6 Å². The first-order chi connectivity index (χ1) is 10.7. The van der Waals surface area contributed by atoms with Crippen LogP contribution in [0, 0.1) is 0 Å². The van der Waals surface area contributed by atoms with E-state index in [4.69, 9.17) is 4.74 Å². The van der Waals surface area contributed by atoms with Gasteiger partial charge in [-0.2, -0.15) is 0 Å². The van der Waals surface area contributed by atoms with E-state index in [0.717, 1.165) is 17.7 Å². The zero-order chi connectivity index (χ0) is 15.8. The summed E-state index contributed by atoms with van der Waals surface area (Å²) in [4.78, 5) is 20.2. The summed E-state index contributed by atoms with van der Waals surface area (Å²) in [5, 5.41) is 5.90. The minimum absolute atomic E-state index is 0.184. The quantitative estimate of drug-likeness (QED) is 0.820. The molecule has 1 aromatic carbocycles. The lowest BCUT2D eigenvalue weighted by Crippen LogP contribution is -2.25. The highest BCUT2D eigenvalue weighted by molar-refractivity contribution is 5.92. The summed E-state index contributed by atoms with van der Waals surface area (Å²) in [6, 6.07) is 9.32. The predicted molar refractivity (Wildman–Crippen MR) is 85.0 cm³/mol. The highest BCUT2D eigenvalue weighted by atomic mass is 16.5. The van der Waals surface area contributed by atoms with E-state index in [1.165, 1.54) is 0 Å². The summed E-state index contributed by atoms with van der Waals surface area (Å²) in [7, 11) is 1.64. The Labute approximate surface area is 129 Å². The van der Waals surface area contributed by atoms with Gasteiger partial charge in [-0.05, 0) is 30.2 Å². The van der Waals surface area contributed by atoms with E-state index < -0.39 is 0 Å². The molecule has 6 heteroatoms. The molecule has 0 atom stereocenters. The van der Waals surface area contributed by atoms with Crippen molar-refractivity contribution in [2.75, 3.05) is 19.0 Å². The van der Waals surface area contributed by atoms with Gasteiger partial charge in [0.2, 0.25) is 5.95 Å². The van der Waals surface area contributed by atoms with Gasteiger partial charge in [0.1, 0.15) is 11.4 Å². The lowest BCUT2D eigenvalue weighted by molar-refractivity contribution is 0.0948. The number of hydrogen-bond acceptors (Lipinski definition) is 5. The number of aromatic nitrogens is 2. The molecule has 0 aliphatic rings. The van der Waals surface area contributed by atoms with Crippen LogP contribution < -0.4 is 15.4 Å². The number of anilines is 1. The number of nitrogens with zero attached hydrogens (tertiary/aromatic N) is 2. The highest BCUT2D eigenvalue weighted by Gasteiger charge is 2.07. The van der Waals surface area contributed by atoms with E-state index in [1.54, 1.807) is 19.4 Å². The number of hydrogen-bond donors (Lipinski definition) is 2. The van der Waals surface area contributed by atoms with Crippen LogP contribution in [-0.4, -0.2) is 29.5 Å². The molecule has 1 heterocycles. The Morgan fingerprint density at radius 1 is 1.23 bits per heavy atom. The monoisotopic (exact) mass is 300 g/mol. The molecular formula is C16H20N4O2. The van der Waals surface area contributed by atoms with Gasteiger partial charge in [0, 0.05) is 19.3 Å². The molecule has 2 rings (SSSR count). The number of nitrogens with one attached hydrogen (secondary N) is 2. The highest BCUT2D eigenvalue weighted by Crippen LogP contribution is 2.12. The van der Waals surface area contributed by atoms with Crippen LogP contribution in [0.2, 0.25) is 0 Å². The lowest BCUT2D eigenvalue weighted by atomic mass is 10.2. The normalized spacial score (nSPS) is 10.1. The van der Waals surface area contributed by atoms with Crippen LogP contribution >= 0.6 is 0 Å². The van der Waals surface area contributed by atoms with Gasteiger partial charge in [-0.3, -0.25) is 4.79 Å². The topological polar surface area (TPSA) is 76.1 Å². The molecule has 22 heavy (non-hydrogen) atoms. The first-order valence-corrected chi connectivity index (χ1v) is 7.21. The first kappa shape index (κ1) is 15.8. The Hall–Kier alpha value is -2.63. The number of methoxy groups -OCH3 is 1. The molecule has 0 radical (unpaired) electrons. The second-order valence-corrected chi connectivity index (χ2v) is 4.72. The molecule has 1 aromatic heterocycles. The minimum Gasteiger partial charge on any atom is -0.497 e. The van der Waals surface area contributed by atoms with Crippen LogP contribution in [0.25, 0.3) is 0 Å². The Bertz CT molecular complexity index is 614. The molecule has 1 amide bonds. The van der Waals surface area contributed by atoms with Crippen LogP contribution in [0.1, 0.15) is 29.4 Å². The van der Waals surface area contributed by atoms with Crippen molar-refractivity contribution in [3.8, 4) is 5.75 Å². The molecule has 0 saturated carbocycles. The number of benzene rings is 1. The fourth-order valence-electron chi connectivity index (χ4n) is 1.82.